The number of esters is 1. The van der Waals surface area contributed by atoms with Gasteiger partial charge in [-0.15, -0.1) is 0 Å². The van der Waals surface area contributed by atoms with Gasteiger partial charge in [0.15, 0.2) is 0 Å². The summed E-state index contributed by atoms with van der Waals surface area (Å²) in [6, 6.07) is 16.0. The number of nitrogens with one attached hydrogen (secondary N) is 1. The molecular formula is C24H13Cl2F3N2O3. The number of halogens is 5. The van der Waals surface area contributed by atoms with Gasteiger partial charge in [0, 0.05) is 10.7 Å². The van der Waals surface area contributed by atoms with E-state index < -0.39 is 23.6 Å². The van der Waals surface area contributed by atoms with Crippen molar-refractivity contribution in [3.05, 3.63) is 99.0 Å². The Bertz CT molecular complexity index is 1330. The highest BCUT2D eigenvalue weighted by molar-refractivity contribution is 6.36. The molecule has 0 atom stereocenters. The molecule has 0 fully saturated rings. The quantitative estimate of drug-likeness (QED) is 0.180. The lowest BCUT2D eigenvalue weighted by Crippen LogP contribution is -2.14. The maximum atomic E-state index is 12.9. The smallest absolute Gasteiger partial charge is 0.416 e. The van der Waals surface area contributed by atoms with Crippen LogP contribution in [0, 0.1) is 11.3 Å². The number of anilines is 1. The third kappa shape index (κ3) is 6.38. The number of ether oxygens (including phenoxy) is 1. The topological polar surface area (TPSA) is 79.2 Å². The molecule has 1 amide bonds. The van der Waals surface area contributed by atoms with Crippen LogP contribution in [0.15, 0.2) is 72.3 Å². The SMILES string of the molecule is N#CC(=Cc1cccc(OC(=O)c2ccc(Cl)cc2Cl)c1)C(=O)Nc1cccc(C(F)(F)F)c1. The van der Waals surface area contributed by atoms with E-state index in [1.54, 1.807) is 12.1 Å². The molecule has 0 saturated carbocycles. The molecule has 172 valence electrons. The molecule has 0 unspecified atom stereocenters. The minimum atomic E-state index is -4.58. The summed E-state index contributed by atoms with van der Waals surface area (Å²) in [4.78, 5) is 24.8. The maximum absolute atomic E-state index is 12.9. The number of carbonyl (C=O) groups excluding carboxylic acids is 2. The number of alkyl halides is 3. The molecule has 0 aliphatic heterocycles. The normalized spacial score (nSPS) is 11.5. The summed E-state index contributed by atoms with van der Waals surface area (Å²) in [5, 5.41) is 12.1. The number of hydrogen-bond donors (Lipinski definition) is 1. The summed E-state index contributed by atoms with van der Waals surface area (Å²) in [7, 11) is 0. The van der Waals surface area contributed by atoms with E-state index in [1.807, 2.05) is 0 Å². The van der Waals surface area contributed by atoms with Crippen LogP contribution in [-0.4, -0.2) is 11.9 Å². The van der Waals surface area contributed by atoms with E-state index in [0.717, 1.165) is 18.2 Å². The maximum Gasteiger partial charge on any atom is 0.416 e. The lowest BCUT2D eigenvalue weighted by molar-refractivity contribution is -0.137. The van der Waals surface area contributed by atoms with E-state index >= 15 is 0 Å². The van der Waals surface area contributed by atoms with Gasteiger partial charge in [0.05, 0.1) is 16.1 Å². The van der Waals surface area contributed by atoms with Gasteiger partial charge in [0.1, 0.15) is 17.4 Å². The third-order valence-corrected chi connectivity index (χ3v) is 4.89. The molecule has 3 aromatic carbocycles. The van der Waals surface area contributed by atoms with E-state index in [1.165, 1.54) is 48.5 Å². The number of nitrogens with zero attached hydrogens (tertiary/aromatic N) is 1. The van der Waals surface area contributed by atoms with Crippen molar-refractivity contribution in [1.82, 2.24) is 0 Å². The molecule has 0 aliphatic carbocycles. The van der Waals surface area contributed by atoms with Gasteiger partial charge in [-0.2, -0.15) is 18.4 Å². The minimum Gasteiger partial charge on any atom is -0.423 e. The monoisotopic (exact) mass is 504 g/mol. The van der Waals surface area contributed by atoms with Crippen LogP contribution < -0.4 is 10.1 Å². The Hall–Kier alpha value is -3.80. The van der Waals surface area contributed by atoms with Crippen molar-refractivity contribution in [2.45, 2.75) is 6.18 Å². The fraction of sp³-hybridized carbons (Fsp3) is 0.0417. The van der Waals surface area contributed by atoms with Gasteiger partial charge >= 0.3 is 12.1 Å². The van der Waals surface area contributed by atoms with Crippen LogP contribution in [0.4, 0.5) is 18.9 Å². The van der Waals surface area contributed by atoms with Gasteiger partial charge < -0.3 is 10.1 Å². The summed E-state index contributed by atoms with van der Waals surface area (Å²) < 4.78 is 43.9. The Labute approximate surface area is 202 Å². The highest BCUT2D eigenvalue weighted by atomic mass is 35.5. The standard InChI is InChI=1S/C24H13Cl2F3N2O3/c25-17-7-8-20(21(26)12-17)23(33)34-19-6-1-3-14(10-19)9-15(13-30)22(32)31-18-5-2-4-16(11-18)24(27,28)29/h1-12H,(H,31,32). The van der Waals surface area contributed by atoms with E-state index in [0.29, 0.717) is 10.6 Å². The summed E-state index contributed by atoms with van der Waals surface area (Å²) in [5.74, 6) is -1.54. The van der Waals surface area contributed by atoms with E-state index in [-0.39, 0.29) is 27.6 Å². The summed E-state index contributed by atoms with van der Waals surface area (Å²) in [6.45, 7) is 0. The Morgan fingerprint density at radius 1 is 1.00 bits per heavy atom. The number of nitriles is 1. The average Bonchev–Trinajstić information content (AvgIpc) is 2.77. The van der Waals surface area contributed by atoms with E-state index in [9.17, 15) is 28.0 Å². The van der Waals surface area contributed by atoms with Crippen LogP contribution in [0.1, 0.15) is 21.5 Å². The van der Waals surface area contributed by atoms with Crippen molar-refractivity contribution >= 4 is 46.8 Å². The second kappa shape index (κ2) is 10.4. The van der Waals surface area contributed by atoms with Gasteiger partial charge in [-0.3, -0.25) is 4.79 Å². The van der Waals surface area contributed by atoms with Crippen molar-refractivity contribution in [3.8, 4) is 11.8 Å². The van der Waals surface area contributed by atoms with Gasteiger partial charge in [0.2, 0.25) is 0 Å². The number of hydrogen-bond acceptors (Lipinski definition) is 4. The fourth-order valence-electron chi connectivity index (χ4n) is 2.77. The first kappa shape index (κ1) is 24.8. The van der Waals surface area contributed by atoms with E-state index in [4.69, 9.17) is 27.9 Å². The van der Waals surface area contributed by atoms with Crippen LogP contribution in [0.5, 0.6) is 5.75 Å². The van der Waals surface area contributed by atoms with Gasteiger partial charge in [-0.25, -0.2) is 4.79 Å². The molecule has 1 N–H and O–H groups in total. The molecule has 10 heteroatoms. The highest BCUT2D eigenvalue weighted by Crippen LogP contribution is 2.31. The minimum absolute atomic E-state index is 0.0881. The molecule has 34 heavy (non-hydrogen) atoms. The highest BCUT2D eigenvalue weighted by Gasteiger charge is 2.30. The summed E-state index contributed by atoms with van der Waals surface area (Å²) in [6.07, 6.45) is -3.38. The van der Waals surface area contributed by atoms with Crippen molar-refractivity contribution in [2.75, 3.05) is 5.32 Å². The zero-order valence-electron chi connectivity index (χ0n) is 17.0. The molecule has 0 aliphatic rings. The third-order valence-electron chi connectivity index (χ3n) is 4.34. The van der Waals surface area contributed by atoms with Gasteiger partial charge in [0.25, 0.3) is 5.91 Å². The Kier molecular flexibility index (Phi) is 7.61. The molecule has 3 rings (SSSR count). The molecule has 3 aromatic rings. The average molecular weight is 505 g/mol. The van der Waals surface area contributed by atoms with E-state index in [2.05, 4.69) is 5.32 Å². The van der Waals surface area contributed by atoms with Crippen molar-refractivity contribution < 1.29 is 27.5 Å². The lowest BCUT2D eigenvalue weighted by Gasteiger charge is -2.10. The molecule has 0 bridgehead atoms. The number of carbonyl (C=O) groups is 2. The number of rotatable bonds is 5. The van der Waals surface area contributed by atoms with Crippen LogP contribution in [0.2, 0.25) is 10.0 Å². The first-order chi connectivity index (χ1) is 16.1. The first-order valence-electron chi connectivity index (χ1n) is 9.44. The summed E-state index contributed by atoms with van der Waals surface area (Å²) >= 11 is 11.8. The molecular weight excluding hydrogens is 492 g/mol. The Balaban J connectivity index is 1.78. The predicted octanol–water partition coefficient (Wildman–Crippen LogP) is 6.78. The zero-order valence-corrected chi connectivity index (χ0v) is 18.5. The van der Waals surface area contributed by atoms with Crippen molar-refractivity contribution in [3.63, 3.8) is 0 Å². The van der Waals surface area contributed by atoms with Gasteiger partial charge in [-0.05, 0) is 60.2 Å². The second-order valence-corrected chi connectivity index (χ2v) is 7.63. The van der Waals surface area contributed by atoms with Crippen LogP contribution in [0.3, 0.4) is 0 Å². The summed E-state index contributed by atoms with van der Waals surface area (Å²) in [5.41, 5.74) is -1.01. The van der Waals surface area contributed by atoms with Crippen molar-refractivity contribution in [2.24, 2.45) is 0 Å². The lowest BCUT2D eigenvalue weighted by atomic mass is 10.1. The second-order valence-electron chi connectivity index (χ2n) is 6.79. The Morgan fingerprint density at radius 3 is 2.41 bits per heavy atom. The molecule has 0 heterocycles. The first-order valence-corrected chi connectivity index (χ1v) is 10.2. The predicted molar refractivity (Wildman–Crippen MR) is 122 cm³/mol. The molecule has 0 aromatic heterocycles. The molecule has 5 nitrogen and oxygen atoms in total. The number of amides is 1. The van der Waals surface area contributed by atoms with Crippen LogP contribution >= 0.6 is 23.2 Å². The van der Waals surface area contributed by atoms with Crippen molar-refractivity contribution in [1.29, 1.82) is 5.26 Å². The molecule has 0 spiro atoms. The fourth-order valence-corrected chi connectivity index (χ4v) is 3.26. The zero-order chi connectivity index (χ0) is 24.9. The molecule has 0 saturated heterocycles. The van der Waals surface area contributed by atoms with Gasteiger partial charge in [-0.1, -0.05) is 41.4 Å². The largest absolute Gasteiger partial charge is 0.423 e. The van der Waals surface area contributed by atoms with Crippen LogP contribution in [0.25, 0.3) is 6.08 Å². The number of benzene rings is 3. The Morgan fingerprint density at radius 2 is 1.74 bits per heavy atom. The molecule has 0 radical (unpaired) electrons. The van der Waals surface area contributed by atoms with Crippen LogP contribution in [-0.2, 0) is 11.0 Å².